The number of rotatable bonds is 4. The van der Waals surface area contributed by atoms with Crippen molar-refractivity contribution < 1.29 is 13.9 Å². The highest BCUT2D eigenvalue weighted by atomic mass is 79.9. The van der Waals surface area contributed by atoms with Gasteiger partial charge in [-0.15, -0.1) is 0 Å². The maximum Gasteiger partial charge on any atom is 0.231 e. The number of benzene rings is 3. The number of para-hydroxylation sites is 2. The van der Waals surface area contributed by atoms with Crippen molar-refractivity contribution >= 4 is 45.1 Å². The largest absolute Gasteiger partial charge is 0.462 e. The van der Waals surface area contributed by atoms with Crippen LogP contribution in [0.25, 0.3) is 28.6 Å². The Morgan fingerprint density at radius 1 is 1.11 bits per heavy atom. The van der Waals surface area contributed by atoms with Gasteiger partial charge in [0.25, 0.3) is 0 Å². The fraction of sp³-hybridized carbons (Fsp3) is 0.241. The van der Waals surface area contributed by atoms with E-state index < -0.39 is 5.72 Å². The van der Waals surface area contributed by atoms with E-state index in [-0.39, 0.29) is 5.41 Å². The lowest BCUT2D eigenvalue weighted by molar-refractivity contribution is 0.0539. The van der Waals surface area contributed by atoms with Crippen LogP contribution in [0.4, 0.5) is 5.69 Å². The number of fused-ring (bicyclic) bond motifs is 3. The second-order valence-corrected chi connectivity index (χ2v) is 10.6. The first-order chi connectivity index (χ1) is 16.9. The van der Waals surface area contributed by atoms with E-state index in [4.69, 9.17) is 14.1 Å². The highest BCUT2D eigenvalue weighted by Crippen LogP contribution is 2.56. The average Bonchev–Trinajstić information content (AvgIpc) is 3.36. The SMILES string of the molecule is CCCN1c2ccc(Br)cc2C(C)(C)C12C=Cc1cc(C=O)cc(-c3nc4ccccc4o3)c1O2. The smallest absolute Gasteiger partial charge is 0.231 e. The molecule has 2 aliphatic heterocycles. The predicted molar refractivity (Wildman–Crippen MR) is 142 cm³/mol. The molecule has 0 saturated carbocycles. The average molecular weight is 529 g/mol. The molecule has 0 fully saturated rings. The lowest BCUT2D eigenvalue weighted by Gasteiger charge is -2.47. The molecule has 6 heteroatoms. The van der Waals surface area contributed by atoms with Crippen LogP contribution < -0.4 is 9.64 Å². The third kappa shape index (κ3) is 3.12. The molecule has 4 aromatic rings. The molecule has 6 rings (SSSR count). The molecule has 3 heterocycles. The number of aldehydes is 1. The van der Waals surface area contributed by atoms with Crippen molar-refractivity contribution in [2.45, 2.75) is 38.3 Å². The predicted octanol–water partition coefficient (Wildman–Crippen LogP) is 7.38. The van der Waals surface area contributed by atoms with Gasteiger partial charge in [0.1, 0.15) is 17.6 Å². The summed E-state index contributed by atoms with van der Waals surface area (Å²) in [5.41, 5.74) is 4.80. The van der Waals surface area contributed by atoms with Crippen LogP contribution in [0.3, 0.4) is 0 Å². The van der Waals surface area contributed by atoms with Crippen molar-refractivity contribution in [3.05, 3.63) is 81.8 Å². The van der Waals surface area contributed by atoms with Gasteiger partial charge in [-0.2, -0.15) is 0 Å². The Kier molecular flexibility index (Phi) is 4.94. The van der Waals surface area contributed by atoms with E-state index in [1.54, 1.807) is 6.07 Å². The van der Waals surface area contributed by atoms with E-state index in [0.29, 0.717) is 28.4 Å². The Labute approximate surface area is 212 Å². The highest BCUT2D eigenvalue weighted by molar-refractivity contribution is 9.10. The Morgan fingerprint density at radius 2 is 1.94 bits per heavy atom. The lowest BCUT2D eigenvalue weighted by Crippen LogP contribution is -2.59. The Bertz CT molecular complexity index is 1490. The zero-order valence-electron chi connectivity index (χ0n) is 19.8. The molecule has 176 valence electrons. The molecule has 0 aliphatic carbocycles. The molecule has 1 atom stereocenters. The topological polar surface area (TPSA) is 55.6 Å². The Balaban J connectivity index is 1.57. The molecule has 0 bridgehead atoms. The van der Waals surface area contributed by atoms with Crippen LogP contribution in [0.15, 0.2) is 69.6 Å². The molecule has 35 heavy (non-hydrogen) atoms. The van der Waals surface area contributed by atoms with E-state index in [2.05, 4.69) is 72.0 Å². The van der Waals surface area contributed by atoms with E-state index >= 15 is 0 Å². The molecule has 0 N–H and O–H groups in total. The van der Waals surface area contributed by atoms with Gasteiger partial charge in [-0.25, -0.2) is 4.98 Å². The summed E-state index contributed by atoms with van der Waals surface area (Å²) in [4.78, 5) is 18.9. The van der Waals surface area contributed by atoms with Gasteiger partial charge in [-0.1, -0.05) is 35.0 Å². The number of nitrogens with zero attached hydrogens (tertiary/aromatic N) is 2. The zero-order chi connectivity index (χ0) is 24.4. The van der Waals surface area contributed by atoms with E-state index in [1.807, 2.05) is 30.3 Å². The molecular weight excluding hydrogens is 504 g/mol. The summed E-state index contributed by atoms with van der Waals surface area (Å²) >= 11 is 3.66. The summed E-state index contributed by atoms with van der Waals surface area (Å²) < 4.78 is 14.2. The number of oxazole rings is 1. The first-order valence-electron chi connectivity index (χ1n) is 11.8. The van der Waals surface area contributed by atoms with Crippen LogP contribution in [0.2, 0.25) is 0 Å². The Hall–Kier alpha value is -3.38. The van der Waals surface area contributed by atoms with Gasteiger partial charge in [-0.05, 0) is 80.4 Å². The van der Waals surface area contributed by atoms with Crippen molar-refractivity contribution in [3.8, 4) is 17.2 Å². The summed E-state index contributed by atoms with van der Waals surface area (Å²) in [7, 11) is 0. The summed E-state index contributed by atoms with van der Waals surface area (Å²) in [6.07, 6.45) is 6.03. The summed E-state index contributed by atoms with van der Waals surface area (Å²) in [5, 5.41) is 0. The maximum absolute atomic E-state index is 11.8. The number of carbonyl (C=O) groups excluding carboxylic acids is 1. The van der Waals surface area contributed by atoms with Crippen LogP contribution in [0, 0.1) is 0 Å². The maximum atomic E-state index is 11.8. The number of ether oxygens (including phenoxy) is 1. The van der Waals surface area contributed by atoms with Gasteiger partial charge in [0.15, 0.2) is 5.58 Å². The minimum absolute atomic E-state index is 0.364. The normalized spacial score (nSPS) is 19.6. The minimum Gasteiger partial charge on any atom is -0.462 e. The number of anilines is 1. The monoisotopic (exact) mass is 528 g/mol. The summed E-state index contributed by atoms with van der Waals surface area (Å²) in [6.45, 7) is 7.46. The van der Waals surface area contributed by atoms with Gasteiger partial charge in [0.2, 0.25) is 11.6 Å². The first-order valence-corrected chi connectivity index (χ1v) is 12.6. The number of aromatic nitrogens is 1. The van der Waals surface area contributed by atoms with E-state index in [9.17, 15) is 4.79 Å². The number of hydrogen-bond donors (Lipinski definition) is 0. The van der Waals surface area contributed by atoms with Crippen molar-refractivity contribution in [2.24, 2.45) is 0 Å². The summed E-state index contributed by atoms with van der Waals surface area (Å²) in [5.74, 6) is 1.11. The van der Waals surface area contributed by atoms with Gasteiger partial charge >= 0.3 is 0 Å². The van der Waals surface area contributed by atoms with Gasteiger partial charge in [0, 0.05) is 27.8 Å². The van der Waals surface area contributed by atoms with Crippen LogP contribution in [-0.4, -0.2) is 23.5 Å². The molecule has 0 radical (unpaired) electrons. The Morgan fingerprint density at radius 3 is 2.71 bits per heavy atom. The molecule has 1 aromatic heterocycles. The molecule has 0 saturated heterocycles. The zero-order valence-corrected chi connectivity index (χ0v) is 21.4. The molecule has 5 nitrogen and oxygen atoms in total. The molecule has 3 aromatic carbocycles. The number of carbonyl (C=O) groups is 1. The second kappa shape index (κ2) is 7.82. The van der Waals surface area contributed by atoms with Crippen LogP contribution in [-0.2, 0) is 5.41 Å². The van der Waals surface area contributed by atoms with E-state index in [1.165, 1.54) is 11.3 Å². The second-order valence-electron chi connectivity index (χ2n) is 9.66. The first kappa shape index (κ1) is 22.1. The van der Waals surface area contributed by atoms with Gasteiger partial charge in [-0.3, -0.25) is 4.79 Å². The lowest BCUT2D eigenvalue weighted by atomic mass is 9.76. The fourth-order valence-corrected chi connectivity index (χ4v) is 5.82. The standard InChI is InChI=1S/C29H25BrN2O3/c1-4-13-32-24-10-9-20(30)16-22(24)28(2,3)29(32)12-11-19-14-18(17-33)15-21(26(19)35-29)27-31-23-7-5-6-8-25(23)34-27/h5-12,14-17H,4,13H2,1-3H3. The van der Waals surface area contributed by atoms with Crippen molar-refractivity contribution in [1.82, 2.24) is 4.98 Å². The van der Waals surface area contributed by atoms with Gasteiger partial charge in [0.05, 0.1) is 11.0 Å². The molecular formula is C29H25BrN2O3. The van der Waals surface area contributed by atoms with Crippen LogP contribution in [0.1, 0.15) is 48.7 Å². The highest BCUT2D eigenvalue weighted by Gasteiger charge is 2.59. The van der Waals surface area contributed by atoms with Crippen molar-refractivity contribution in [2.75, 3.05) is 11.4 Å². The summed E-state index contributed by atoms with van der Waals surface area (Å²) in [6, 6.07) is 17.7. The van der Waals surface area contributed by atoms with Crippen molar-refractivity contribution in [1.29, 1.82) is 0 Å². The van der Waals surface area contributed by atoms with Gasteiger partial charge < -0.3 is 14.1 Å². The third-order valence-electron chi connectivity index (χ3n) is 7.21. The minimum atomic E-state index is -0.747. The fourth-order valence-electron chi connectivity index (χ4n) is 5.46. The molecule has 0 amide bonds. The molecule has 1 spiro atoms. The van der Waals surface area contributed by atoms with Crippen LogP contribution in [0.5, 0.6) is 5.75 Å². The number of halogens is 1. The third-order valence-corrected chi connectivity index (χ3v) is 7.71. The quantitative estimate of drug-likeness (QED) is 0.258. The van der Waals surface area contributed by atoms with Crippen LogP contribution >= 0.6 is 15.9 Å². The van der Waals surface area contributed by atoms with Crippen molar-refractivity contribution in [3.63, 3.8) is 0 Å². The van der Waals surface area contributed by atoms with E-state index in [0.717, 1.165) is 34.8 Å². The molecule has 1 unspecified atom stereocenters. The number of hydrogen-bond acceptors (Lipinski definition) is 5. The molecule has 2 aliphatic rings.